The van der Waals surface area contributed by atoms with Gasteiger partial charge >= 0.3 is 0 Å². The van der Waals surface area contributed by atoms with E-state index in [-0.39, 0.29) is 17.8 Å². The van der Waals surface area contributed by atoms with E-state index in [2.05, 4.69) is 20.4 Å². The summed E-state index contributed by atoms with van der Waals surface area (Å²) in [4.78, 5) is 21.5. The molecule has 0 atom stereocenters. The first-order valence-electron chi connectivity index (χ1n) is 11.2. The molecular formula is C23H28N6O3. The monoisotopic (exact) mass is 436 g/mol. The van der Waals surface area contributed by atoms with E-state index in [0.29, 0.717) is 29.2 Å². The predicted molar refractivity (Wildman–Crippen MR) is 119 cm³/mol. The highest BCUT2D eigenvalue weighted by molar-refractivity contribution is 6.05. The summed E-state index contributed by atoms with van der Waals surface area (Å²) in [6, 6.07) is 5.56. The lowest BCUT2D eigenvalue weighted by Gasteiger charge is -2.34. The van der Waals surface area contributed by atoms with Crippen LogP contribution < -0.4 is 15.8 Å². The molecule has 2 fully saturated rings. The molecule has 32 heavy (non-hydrogen) atoms. The minimum atomic E-state index is -0.167. The smallest absolute Gasteiger partial charge is 0.253 e. The van der Waals surface area contributed by atoms with E-state index in [0.717, 1.165) is 36.9 Å². The number of nitrogen functional groups attached to an aromatic ring is 1. The van der Waals surface area contributed by atoms with Gasteiger partial charge in [0.25, 0.3) is 5.91 Å². The number of aromatic nitrogens is 4. The number of rotatable bonds is 6. The van der Waals surface area contributed by atoms with Crippen molar-refractivity contribution in [3.8, 4) is 17.1 Å². The molecule has 3 aromatic rings. The van der Waals surface area contributed by atoms with E-state index >= 15 is 0 Å². The highest BCUT2D eigenvalue weighted by Gasteiger charge is 2.29. The predicted octanol–water partition coefficient (Wildman–Crippen LogP) is 2.99. The molecule has 3 aromatic heterocycles. The molecule has 5 rings (SSSR count). The zero-order valence-electron chi connectivity index (χ0n) is 18.2. The van der Waals surface area contributed by atoms with Crippen LogP contribution in [0.25, 0.3) is 16.8 Å². The SMILES string of the molecule is COc1cc(-c2cc(C(=O)N[C@H]3CC[C@H](OC4CCC4)CC3)c3c(N)ncnn23)ccn1. The summed E-state index contributed by atoms with van der Waals surface area (Å²) in [6.45, 7) is 0. The number of hydrogen-bond donors (Lipinski definition) is 2. The maximum Gasteiger partial charge on any atom is 0.253 e. The molecule has 0 spiro atoms. The van der Waals surface area contributed by atoms with Crippen LogP contribution in [0.1, 0.15) is 55.3 Å². The van der Waals surface area contributed by atoms with Gasteiger partial charge in [-0.05, 0) is 57.1 Å². The third kappa shape index (κ3) is 4.00. The second kappa shape index (κ2) is 8.74. The fraction of sp³-hybridized carbons (Fsp3) is 0.478. The molecule has 0 aliphatic heterocycles. The van der Waals surface area contributed by atoms with Gasteiger partial charge in [0.05, 0.1) is 30.6 Å². The molecule has 168 valence electrons. The Bertz CT molecular complexity index is 1120. The summed E-state index contributed by atoms with van der Waals surface area (Å²) in [5.74, 6) is 0.570. The average molecular weight is 437 g/mol. The Morgan fingerprint density at radius 1 is 1.12 bits per heavy atom. The zero-order chi connectivity index (χ0) is 22.1. The molecule has 0 saturated heterocycles. The lowest BCUT2D eigenvalue weighted by Crippen LogP contribution is -2.40. The number of anilines is 1. The summed E-state index contributed by atoms with van der Waals surface area (Å²) in [5, 5.41) is 7.53. The number of fused-ring (bicyclic) bond motifs is 1. The van der Waals surface area contributed by atoms with Crippen molar-refractivity contribution in [3.05, 3.63) is 36.3 Å². The van der Waals surface area contributed by atoms with Crippen LogP contribution >= 0.6 is 0 Å². The van der Waals surface area contributed by atoms with Gasteiger partial charge in [-0.2, -0.15) is 5.10 Å². The standard InChI is InChI=1S/C23H28N6O3/c1-31-20-11-14(9-10-25-20)19-12-18(21-22(24)26-13-27-29(19)21)23(30)28-15-5-7-17(8-6-15)32-16-3-2-4-16/h9-13,15-17H,2-8H2,1H3,(H,28,30)(H2,24,26,27)/t15-,17-. The maximum absolute atomic E-state index is 13.3. The fourth-order valence-corrected chi connectivity index (χ4v) is 4.51. The van der Waals surface area contributed by atoms with Crippen LogP contribution in [0.4, 0.5) is 5.82 Å². The van der Waals surface area contributed by atoms with Gasteiger partial charge in [0.1, 0.15) is 11.8 Å². The van der Waals surface area contributed by atoms with Crippen LogP contribution in [0, 0.1) is 0 Å². The van der Waals surface area contributed by atoms with E-state index in [4.69, 9.17) is 15.2 Å². The van der Waals surface area contributed by atoms with Crippen molar-refractivity contribution in [1.82, 2.24) is 24.9 Å². The Morgan fingerprint density at radius 2 is 1.91 bits per heavy atom. The summed E-state index contributed by atoms with van der Waals surface area (Å²) in [6.07, 6.45) is 11.2. The first-order valence-corrected chi connectivity index (χ1v) is 11.2. The highest BCUT2D eigenvalue weighted by atomic mass is 16.5. The highest BCUT2D eigenvalue weighted by Crippen LogP contribution is 2.31. The van der Waals surface area contributed by atoms with Gasteiger partial charge in [0.2, 0.25) is 5.88 Å². The Balaban J connectivity index is 1.36. The minimum absolute atomic E-state index is 0.119. The Hall–Kier alpha value is -3.20. The first kappa shape index (κ1) is 20.7. The van der Waals surface area contributed by atoms with Gasteiger partial charge in [-0.25, -0.2) is 14.5 Å². The third-order valence-electron chi connectivity index (χ3n) is 6.51. The molecule has 0 bridgehead atoms. The molecule has 9 nitrogen and oxygen atoms in total. The number of pyridine rings is 1. The number of nitrogens with zero attached hydrogens (tertiary/aromatic N) is 4. The fourth-order valence-electron chi connectivity index (χ4n) is 4.51. The van der Waals surface area contributed by atoms with Crippen LogP contribution in [0.2, 0.25) is 0 Å². The van der Waals surface area contributed by atoms with Gasteiger partial charge in [0.15, 0.2) is 5.82 Å². The van der Waals surface area contributed by atoms with Crippen LogP contribution in [0.3, 0.4) is 0 Å². The number of nitrogens with two attached hydrogens (primary N) is 1. The quantitative estimate of drug-likeness (QED) is 0.610. The summed E-state index contributed by atoms with van der Waals surface area (Å²) < 4.78 is 13.0. The molecule has 2 saturated carbocycles. The minimum Gasteiger partial charge on any atom is -0.481 e. The molecule has 3 N–H and O–H groups in total. The molecule has 0 unspecified atom stereocenters. The van der Waals surface area contributed by atoms with Crippen molar-refractivity contribution in [3.63, 3.8) is 0 Å². The molecule has 2 aliphatic rings. The van der Waals surface area contributed by atoms with Crippen molar-refractivity contribution in [2.24, 2.45) is 0 Å². The largest absolute Gasteiger partial charge is 0.481 e. The van der Waals surface area contributed by atoms with Crippen molar-refractivity contribution in [2.75, 3.05) is 12.8 Å². The van der Waals surface area contributed by atoms with Gasteiger partial charge in [-0.15, -0.1) is 0 Å². The molecule has 0 radical (unpaired) electrons. The molecule has 1 amide bonds. The van der Waals surface area contributed by atoms with E-state index in [9.17, 15) is 4.79 Å². The number of nitrogens with one attached hydrogen (secondary N) is 1. The summed E-state index contributed by atoms with van der Waals surface area (Å²) >= 11 is 0. The van der Waals surface area contributed by atoms with Crippen LogP contribution in [0.5, 0.6) is 5.88 Å². The number of hydrogen-bond acceptors (Lipinski definition) is 7. The number of carbonyl (C=O) groups excluding carboxylic acids is 1. The molecule has 0 aromatic carbocycles. The van der Waals surface area contributed by atoms with Gasteiger partial charge in [0, 0.05) is 23.9 Å². The maximum atomic E-state index is 13.3. The summed E-state index contributed by atoms with van der Waals surface area (Å²) in [7, 11) is 1.56. The van der Waals surface area contributed by atoms with E-state index < -0.39 is 0 Å². The van der Waals surface area contributed by atoms with Gasteiger partial charge in [-0.3, -0.25) is 4.79 Å². The Morgan fingerprint density at radius 3 is 2.62 bits per heavy atom. The molecular weight excluding hydrogens is 408 g/mol. The second-order valence-electron chi connectivity index (χ2n) is 8.57. The number of methoxy groups -OCH3 is 1. The van der Waals surface area contributed by atoms with Crippen molar-refractivity contribution in [1.29, 1.82) is 0 Å². The summed E-state index contributed by atoms with van der Waals surface area (Å²) in [5.41, 5.74) is 8.65. The number of amides is 1. The molecule has 2 aliphatic carbocycles. The van der Waals surface area contributed by atoms with E-state index in [1.165, 1.54) is 25.6 Å². The van der Waals surface area contributed by atoms with Crippen LogP contribution in [-0.4, -0.2) is 50.8 Å². The second-order valence-corrected chi connectivity index (χ2v) is 8.57. The van der Waals surface area contributed by atoms with Crippen molar-refractivity contribution >= 4 is 17.2 Å². The lowest BCUT2D eigenvalue weighted by atomic mass is 9.91. The van der Waals surface area contributed by atoms with Crippen molar-refractivity contribution in [2.45, 2.75) is 63.2 Å². The molecule has 3 heterocycles. The Labute approximate surface area is 186 Å². The number of carbonyl (C=O) groups is 1. The average Bonchev–Trinajstić information content (AvgIpc) is 3.19. The number of ether oxygens (including phenoxy) is 2. The van der Waals surface area contributed by atoms with E-state index in [1.54, 1.807) is 30.0 Å². The third-order valence-corrected chi connectivity index (χ3v) is 6.51. The topological polar surface area (TPSA) is 117 Å². The van der Waals surface area contributed by atoms with Crippen LogP contribution in [0.15, 0.2) is 30.7 Å². The normalized spacial score (nSPS) is 21.3. The Kier molecular flexibility index (Phi) is 5.65. The lowest BCUT2D eigenvalue weighted by molar-refractivity contribution is -0.0669. The van der Waals surface area contributed by atoms with E-state index in [1.807, 2.05) is 6.07 Å². The first-order chi connectivity index (χ1) is 15.6. The van der Waals surface area contributed by atoms with Crippen molar-refractivity contribution < 1.29 is 14.3 Å². The zero-order valence-corrected chi connectivity index (χ0v) is 18.2. The molecule has 9 heteroatoms. The van der Waals surface area contributed by atoms with Gasteiger partial charge in [-0.1, -0.05) is 0 Å². The van der Waals surface area contributed by atoms with Crippen LogP contribution in [-0.2, 0) is 4.74 Å². The van der Waals surface area contributed by atoms with Gasteiger partial charge < -0.3 is 20.5 Å².